The third kappa shape index (κ3) is 3.63. The second-order valence-corrected chi connectivity index (χ2v) is 7.79. The summed E-state index contributed by atoms with van der Waals surface area (Å²) in [6.45, 7) is 4.77. The lowest BCUT2D eigenvalue weighted by molar-refractivity contribution is -0.131. The molecular weight excluding hydrogens is 378 g/mol. The van der Waals surface area contributed by atoms with Crippen molar-refractivity contribution in [2.45, 2.75) is 6.92 Å². The smallest absolute Gasteiger partial charge is 0.259 e. The van der Waals surface area contributed by atoms with Crippen molar-refractivity contribution in [1.29, 1.82) is 0 Å². The number of piperazine rings is 1. The van der Waals surface area contributed by atoms with Gasteiger partial charge in [-0.15, -0.1) is 11.3 Å². The highest BCUT2D eigenvalue weighted by molar-refractivity contribution is 7.13. The fourth-order valence-electron chi connectivity index (χ4n) is 3.24. The van der Waals surface area contributed by atoms with E-state index < -0.39 is 0 Å². The summed E-state index contributed by atoms with van der Waals surface area (Å²) < 4.78 is 5.29. The second kappa shape index (κ2) is 7.69. The van der Waals surface area contributed by atoms with Crippen LogP contribution in [0.1, 0.15) is 16.1 Å². The van der Waals surface area contributed by atoms with Crippen LogP contribution in [-0.2, 0) is 4.79 Å². The number of pyridine rings is 1. The normalized spacial score (nSPS) is 15.1. The maximum absolute atomic E-state index is 12.9. The van der Waals surface area contributed by atoms with Crippen LogP contribution in [0.4, 0.5) is 0 Å². The monoisotopic (exact) mass is 399 g/mol. The molecule has 3 aromatic heterocycles. The molecule has 28 heavy (non-hydrogen) atoms. The van der Waals surface area contributed by atoms with Crippen molar-refractivity contribution in [3.05, 3.63) is 34.8 Å². The number of hydrogen-bond acceptors (Lipinski definition) is 7. The van der Waals surface area contributed by atoms with Gasteiger partial charge >= 0.3 is 0 Å². The molecule has 8 nitrogen and oxygen atoms in total. The predicted octanol–water partition coefficient (Wildman–Crippen LogP) is 1.76. The highest BCUT2D eigenvalue weighted by Gasteiger charge is 2.22. The SMILES string of the molecule is Cc1noc2nc(-c3cccs3)cc(C(=O)NCC(=O)N3CCN(C)CC3)c12. The van der Waals surface area contributed by atoms with Gasteiger partial charge in [-0.2, -0.15) is 0 Å². The van der Waals surface area contributed by atoms with Gasteiger partial charge in [0.25, 0.3) is 11.6 Å². The summed E-state index contributed by atoms with van der Waals surface area (Å²) in [6, 6.07) is 5.58. The van der Waals surface area contributed by atoms with Gasteiger partial charge in [-0.05, 0) is 31.5 Å². The van der Waals surface area contributed by atoms with Crippen molar-refractivity contribution >= 4 is 34.3 Å². The van der Waals surface area contributed by atoms with E-state index in [1.165, 1.54) is 11.3 Å². The van der Waals surface area contributed by atoms with Crippen molar-refractivity contribution in [1.82, 2.24) is 25.3 Å². The molecule has 0 unspecified atom stereocenters. The Morgan fingerprint density at radius 2 is 2.07 bits per heavy atom. The molecule has 0 saturated carbocycles. The Kier molecular flexibility index (Phi) is 5.10. The Morgan fingerprint density at radius 1 is 1.29 bits per heavy atom. The Bertz CT molecular complexity index is 1010. The third-order valence-electron chi connectivity index (χ3n) is 4.89. The van der Waals surface area contributed by atoms with E-state index in [4.69, 9.17) is 4.52 Å². The first kappa shape index (κ1) is 18.6. The maximum atomic E-state index is 12.9. The molecule has 0 radical (unpaired) electrons. The number of carbonyl (C=O) groups is 2. The molecule has 9 heteroatoms. The van der Waals surface area contributed by atoms with Crippen LogP contribution in [0, 0.1) is 6.92 Å². The van der Waals surface area contributed by atoms with Gasteiger partial charge in [0.1, 0.15) is 0 Å². The van der Waals surface area contributed by atoms with E-state index >= 15 is 0 Å². The first-order valence-electron chi connectivity index (χ1n) is 9.08. The highest BCUT2D eigenvalue weighted by atomic mass is 32.1. The van der Waals surface area contributed by atoms with E-state index in [0.29, 0.717) is 41.1 Å². The van der Waals surface area contributed by atoms with Gasteiger partial charge in [0, 0.05) is 26.2 Å². The quantitative estimate of drug-likeness (QED) is 0.719. The van der Waals surface area contributed by atoms with Crippen LogP contribution in [0.25, 0.3) is 21.7 Å². The summed E-state index contributed by atoms with van der Waals surface area (Å²) in [5, 5.41) is 9.21. The fraction of sp³-hybridized carbons (Fsp3) is 0.368. The molecule has 0 aromatic carbocycles. The van der Waals surface area contributed by atoms with Crippen molar-refractivity contribution in [2.75, 3.05) is 39.8 Å². The van der Waals surface area contributed by atoms with Gasteiger partial charge in [0.15, 0.2) is 0 Å². The summed E-state index contributed by atoms with van der Waals surface area (Å²) in [5.41, 5.74) is 1.97. The number of thiophene rings is 1. The van der Waals surface area contributed by atoms with Crippen LogP contribution in [0.2, 0.25) is 0 Å². The van der Waals surface area contributed by atoms with Gasteiger partial charge in [-0.25, -0.2) is 4.98 Å². The molecule has 0 bridgehead atoms. The molecule has 0 atom stereocenters. The number of aromatic nitrogens is 2. The summed E-state index contributed by atoms with van der Waals surface area (Å²) in [5.74, 6) is -0.411. The van der Waals surface area contributed by atoms with E-state index in [1.807, 2.05) is 24.6 Å². The molecule has 4 rings (SSSR count). The number of likely N-dealkylation sites (N-methyl/N-ethyl adjacent to an activating group) is 1. The van der Waals surface area contributed by atoms with Crippen LogP contribution in [-0.4, -0.2) is 71.5 Å². The van der Waals surface area contributed by atoms with Gasteiger partial charge < -0.3 is 19.6 Å². The lowest BCUT2D eigenvalue weighted by atomic mass is 10.1. The molecule has 1 saturated heterocycles. The minimum Gasteiger partial charge on any atom is -0.343 e. The second-order valence-electron chi connectivity index (χ2n) is 6.85. The number of nitrogens with one attached hydrogen (secondary N) is 1. The number of fused-ring (bicyclic) bond motifs is 1. The molecule has 1 aliphatic rings. The first-order valence-corrected chi connectivity index (χ1v) is 9.96. The number of carbonyl (C=O) groups excluding carboxylic acids is 2. The number of rotatable bonds is 4. The highest BCUT2D eigenvalue weighted by Crippen LogP contribution is 2.29. The lowest BCUT2D eigenvalue weighted by Gasteiger charge is -2.32. The zero-order chi connectivity index (χ0) is 19.7. The average molecular weight is 399 g/mol. The molecule has 1 fully saturated rings. The molecular formula is C19H21N5O3S. The zero-order valence-corrected chi connectivity index (χ0v) is 16.6. The van der Waals surface area contributed by atoms with E-state index in [2.05, 4.69) is 20.4 Å². The zero-order valence-electron chi connectivity index (χ0n) is 15.8. The number of hydrogen-bond donors (Lipinski definition) is 1. The van der Waals surface area contributed by atoms with Gasteiger partial charge in [0.05, 0.1) is 33.8 Å². The van der Waals surface area contributed by atoms with Crippen molar-refractivity contribution < 1.29 is 14.1 Å². The number of aryl methyl sites for hydroxylation is 1. The van der Waals surface area contributed by atoms with E-state index in [-0.39, 0.29) is 18.4 Å². The van der Waals surface area contributed by atoms with E-state index in [0.717, 1.165) is 18.0 Å². The molecule has 1 aliphatic heterocycles. The molecule has 1 N–H and O–H groups in total. The van der Waals surface area contributed by atoms with Gasteiger partial charge in [-0.1, -0.05) is 11.2 Å². The van der Waals surface area contributed by atoms with Gasteiger partial charge in [0.2, 0.25) is 5.91 Å². The number of nitrogens with zero attached hydrogens (tertiary/aromatic N) is 4. The average Bonchev–Trinajstić information content (AvgIpc) is 3.36. The molecule has 4 heterocycles. The van der Waals surface area contributed by atoms with Crippen molar-refractivity contribution in [3.8, 4) is 10.6 Å². The van der Waals surface area contributed by atoms with Crippen LogP contribution >= 0.6 is 11.3 Å². The number of amides is 2. The molecule has 0 spiro atoms. The van der Waals surface area contributed by atoms with Gasteiger partial charge in [-0.3, -0.25) is 9.59 Å². The Morgan fingerprint density at radius 3 is 2.79 bits per heavy atom. The largest absolute Gasteiger partial charge is 0.343 e. The summed E-state index contributed by atoms with van der Waals surface area (Å²) in [4.78, 5) is 34.7. The Hall–Kier alpha value is -2.78. The van der Waals surface area contributed by atoms with Crippen LogP contribution in [0.3, 0.4) is 0 Å². The fourth-order valence-corrected chi connectivity index (χ4v) is 3.93. The molecule has 146 valence electrons. The Balaban J connectivity index is 1.55. The van der Waals surface area contributed by atoms with E-state index in [9.17, 15) is 9.59 Å². The predicted molar refractivity (Wildman–Crippen MR) is 106 cm³/mol. The summed E-state index contributed by atoms with van der Waals surface area (Å²) >= 11 is 1.53. The van der Waals surface area contributed by atoms with Crippen molar-refractivity contribution in [3.63, 3.8) is 0 Å². The van der Waals surface area contributed by atoms with Crippen LogP contribution < -0.4 is 5.32 Å². The van der Waals surface area contributed by atoms with Crippen LogP contribution in [0.5, 0.6) is 0 Å². The molecule has 2 amide bonds. The maximum Gasteiger partial charge on any atom is 0.259 e. The van der Waals surface area contributed by atoms with Crippen molar-refractivity contribution in [2.24, 2.45) is 0 Å². The minimum absolute atomic E-state index is 0.0367. The lowest BCUT2D eigenvalue weighted by Crippen LogP contribution is -2.50. The van der Waals surface area contributed by atoms with Crippen LogP contribution in [0.15, 0.2) is 28.1 Å². The summed E-state index contributed by atoms with van der Waals surface area (Å²) in [7, 11) is 2.03. The van der Waals surface area contributed by atoms with E-state index in [1.54, 1.807) is 17.9 Å². The molecule has 3 aromatic rings. The minimum atomic E-state index is -0.334. The third-order valence-corrected chi connectivity index (χ3v) is 5.78. The Labute approximate surface area is 166 Å². The first-order chi connectivity index (χ1) is 13.5. The topological polar surface area (TPSA) is 91.6 Å². The molecule has 0 aliphatic carbocycles. The standard InChI is InChI=1S/C19H21N5O3S/c1-12-17-13(10-14(15-4-3-9-28-15)21-19(17)27-22-12)18(26)20-11-16(25)24-7-5-23(2)6-8-24/h3-4,9-10H,5-8,11H2,1-2H3,(H,20,26). The summed E-state index contributed by atoms with van der Waals surface area (Å²) in [6.07, 6.45) is 0.